The third-order valence-electron chi connectivity index (χ3n) is 5.20. The van der Waals surface area contributed by atoms with Gasteiger partial charge in [-0.1, -0.05) is 35.9 Å². The van der Waals surface area contributed by atoms with E-state index in [1.54, 1.807) is 11.3 Å². The number of amides is 2. The molecule has 2 aromatic heterocycles. The first-order valence-electron chi connectivity index (χ1n) is 9.54. The van der Waals surface area contributed by atoms with Crippen molar-refractivity contribution in [3.05, 3.63) is 79.6 Å². The van der Waals surface area contributed by atoms with Crippen LogP contribution in [0.25, 0.3) is 0 Å². The number of benzene rings is 1. The minimum absolute atomic E-state index is 0.0431. The van der Waals surface area contributed by atoms with Crippen molar-refractivity contribution >= 4 is 46.1 Å². The Kier molecular flexibility index (Phi) is 6.33. The monoisotopic (exact) mass is 444 g/mol. The lowest BCUT2D eigenvalue weighted by atomic mass is 9.94. The fraction of sp³-hybridized carbons (Fsp3) is 0.273. The van der Waals surface area contributed by atoms with Crippen LogP contribution in [0.5, 0.6) is 0 Å². The van der Waals surface area contributed by atoms with Crippen LogP contribution >= 0.6 is 34.3 Å². The molecule has 3 heterocycles. The van der Waals surface area contributed by atoms with Gasteiger partial charge in [-0.3, -0.25) is 9.59 Å². The molecule has 1 atom stereocenters. The standard InChI is InChI=1S/C22H21ClN2O2S2/c23-17-7-5-15(6-8-17)20(18-3-1-13-28-18)24-21(26)16-9-11-25(12-10-16)22(27)19-4-2-14-29-19/h1-8,13-14,16,20H,9-12H2,(H,24,26). The molecular weight excluding hydrogens is 424 g/mol. The van der Waals surface area contributed by atoms with Gasteiger partial charge in [0.25, 0.3) is 5.91 Å². The van der Waals surface area contributed by atoms with Gasteiger partial charge in [0.15, 0.2) is 0 Å². The maximum Gasteiger partial charge on any atom is 0.263 e. The summed E-state index contributed by atoms with van der Waals surface area (Å²) in [6, 6.07) is 15.2. The summed E-state index contributed by atoms with van der Waals surface area (Å²) in [5.74, 6) is 0.0233. The molecule has 1 aliphatic rings. The van der Waals surface area contributed by atoms with Crippen LogP contribution in [0.3, 0.4) is 0 Å². The summed E-state index contributed by atoms with van der Waals surface area (Å²) < 4.78 is 0. The number of hydrogen-bond donors (Lipinski definition) is 1. The van der Waals surface area contributed by atoms with Crippen LogP contribution in [0, 0.1) is 5.92 Å². The van der Waals surface area contributed by atoms with E-state index >= 15 is 0 Å². The third kappa shape index (κ3) is 4.71. The van der Waals surface area contributed by atoms with Gasteiger partial charge in [0.1, 0.15) is 0 Å². The highest BCUT2D eigenvalue weighted by Gasteiger charge is 2.30. The summed E-state index contributed by atoms with van der Waals surface area (Å²) in [5, 5.41) is 7.82. The molecule has 0 spiro atoms. The number of piperidine rings is 1. The third-order valence-corrected chi connectivity index (χ3v) is 7.25. The van der Waals surface area contributed by atoms with Gasteiger partial charge in [0, 0.05) is 28.9 Å². The average Bonchev–Trinajstić information content (AvgIpc) is 3.46. The molecule has 1 aliphatic heterocycles. The largest absolute Gasteiger partial charge is 0.344 e. The topological polar surface area (TPSA) is 49.4 Å². The smallest absolute Gasteiger partial charge is 0.263 e. The molecule has 7 heteroatoms. The number of likely N-dealkylation sites (tertiary alicyclic amines) is 1. The Labute approximate surface area is 183 Å². The van der Waals surface area contributed by atoms with Gasteiger partial charge in [-0.2, -0.15) is 0 Å². The molecule has 1 fully saturated rings. The van der Waals surface area contributed by atoms with Gasteiger partial charge in [-0.05, 0) is 53.4 Å². The molecule has 0 saturated carbocycles. The highest BCUT2D eigenvalue weighted by molar-refractivity contribution is 7.12. The van der Waals surface area contributed by atoms with Gasteiger partial charge < -0.3 is 10.2 Å². The Hall–Kier alpha value is -2.15. The second-order valence-corrected chi connectivity index (χ2v) is 9.42. The Morgan fingerprint density at radius 1 is 1.00 bits per heavy atom. The lowest BCUT2D eigenvalue weighted by molar-refractivity contribution is -0.126. The van der Waals surface area contributed by atoms with E-state index in [4.69, 9.17) is 11.6 Å². The number of rotatable bonds is 5. The fourth-order valence-corrected chi connectivity index (χ4v) is 5.21. The van der Waals surface area contributed by atoms with Gasteiger partial charge >= 0.3 is 0 Å². The van der Waals surface area contributed by atoms with Gasteiger partial charge in [0.05, 0.1) is 10.9 Å². The molecule has 4 nitrogen and oxygen atoms in total. The molecular formula is C22H21ClN2O2S2. The molecule has 1 aromatic carbocycles. The minimum Gasteiger partial charge on any atom is -0.344 e. The summed E-state index contributed by atoms with van der Waals surface area (Å²) in [6.45, 7) is 1.22. The normalized spacial score (nSPS) is 15.8. The predicted molar refractivity (Wildman–Crippen MR) is 119 cm³/mol. The van der Waals surface area contributed by atoms with Crippen molar-refractivity contribution in [3.63, 3.8) is 0 Å². The van der Waals surface area contributed by atoms with Crippen LogP contribution in [0.4, 0.5) is 0 Å². The first-order valence-corrected chi connectivity index (χ1v) is 11.7. The zero-order valence-corrected chi connectivity index (χ0v) is 18.1. The molecule has 0 radical (unpaired) electrons. The van der Waals surface area contributed by atoms with Gasteiger partial charge in [0.2, 0.25) is 5.91 Å². The van der Waals surface area contributed by atoms with Crippen LogP contribution < -0.4 is 5.32 Å². The molecule has 1 N–H and O–H groups in total. The Balaban J connectivity index is 1.41. The van der Waals surface area contributed by atoms with Crippen molar-refractivity contribution in [2.45, 2.75) is 18.9 Å². The quantitative estimate of drug-likeness (QED) is 0.586. The van der Waals surface area contributed by atoms with Gasteiger partial charge in [-0.25, -0.2) is 0 Å². The van der Waals surface area contributed by atoms with E-state index in [9.17, 15) is 9.59 Å². The Bertz CT molecular complexity index is 947. The average molecular weight is 445 g/mol. The number of carbonyl (C=O) groups is 2. The molecule has 29 heavy (non-hydrogen) atoms. The van der Waals surface area contributed by atoms with Crippen LogP contribution in [0.15, 0.2) is 59.3 Å². The zero-order valence-electron chi connectivity index (χ0n) is 15.7. The van der Waals surface area contributed by atoms with Crippen LogP contribution in [-0.4, -0.2) is 29.8 Å². The van der Waals surface area contributed by atoms with E-state index in [-0.39, 0.29) is 23.8 Å². The summed E-state index contributed by atoms with van der Waals surface area (Å²) in [4.78, 5) is 29.2. The number of nitrogens with zero attached hydrogens (tertiary/aromatic N) is 1. The molecule has 150 valence electrons. The van der Waals surface area contributed by atoms with Gasteiger partial charge in [-0.15, -0.1) is 22.7 Å². The lowest BCUT2D eigenvalue weighted by Gasteiger charge is -2.32. The number of nitrogens with one attached hydrogen (secondary N) is 1. The maximum absolute atomic E-state index is 13.0. The summed E-state index contributed by atoms with van der Waals surface area (Å²) in [5.41, 5.74) is 1.01. The number of halogens is 1. The zero-order chi connectivity index (χ0) is 20.2. The molecule has 4 rings (SSSR count). The first-order chi connectivity index (χ1) is 14.1. The summed E-state index contributed by atoms with van der Waals surface area (Å²) >= 11 is 9.11. The number of carbonyl (C=O) groups excluding carboxylic acids is 2. The van der Waals surface area contributed by atoms with E-state index in [2.05, 4.69) is 5.32 Å². The van der Waals surface area contributed by atoms with Crippen LogP contribution in [-0.2, 0) is 4.79 Å². The second kappa shape index (κ2) is 9.11. The summed E-state index contributed by atoms with van der Waals surface area (Å²) in [6.07, 6.45) is 1.36. The van der Waals surface area contributed by atoms with Crippen molar-refractivity contribution in [1.29, 1.82) is 0 Å². The highest BCUT2D eigenvalue weighted by Crippen LogP contribution is 2.29. The molecule has 0 bridgehead atoms. The molecule has 3 aromatic rings. The van der Waals surface area contributed by atoms with E-state index in [1.165, 1.54) is 11.3 Å². The van der Waals surface area contributed by atoms with Crippen molar-refractivity contribution in [3.8, 4) is 0 Å². The number of hydrogen-bond acceptors (Lipinski definition) is 4. The van der Waals surface area contributed by atoms with Crippen LogP contribution in [0.1, 0.15) is 39.0 Å². The van der Waals surface area contributed by atoms with Crippen molar-refractivity contribution in [2.75, 3.05) is 13.1 Å². The minimum atomic E-state index is -0.189. The molecule has 1 unspecified atom stereocenters. The maximum atomic E-state index is 13.0. The van der Waals surface area contributed by atoms with E-state index < -0.39 is 0 Å². The summed E-state index contributed by atoms with van der Waals surface area (Å²) in [7, 11) is 0. The van der Waals surface area contributed by atoms with E-state index in [0.29, 0.717) is 31.0 Å². The Morgan fingerprint density at radius 2 is 1.69 bits per heavy atom. The van der Waals surface area contributed by atoms with E-state index in [1.807, 2.05) is 64.2 Å². The van der Waals surface area contributed by atoms with Crippen molar-refractivity contribution < 1.29 is 9.59 Å². The van der Waals surface area contributed by atoms with E-state index in [0.717, 1.165) is 15.3 Å². The predicted octanol–water partition coefficient (Wildman–Crippen LogP) is 5.22. The molecule has 1 saturated heterocycles. The Morgan fingerprint density at radius 3 is 2.31 bits per heavy atom. The highest BCUT2D eigenvalue weighted by atomic mass is 35.5. The van der Waals surface area contributed by atoms with Crippen molar-refractivity contribution in [2.24, 2.45) is 5.92 Å². The fourth-order valence-electron chi connectivity index (χ4n) is 3.59. The SMILES string of the molecule is O=C(NC(c1ccc(Cl)cc1)c1cccs1)C1CCN(C(=O)c2cccs2)CC1. The second-order valence-electron chi connectivity index (χ2n) is 7.05. The first kappa shape index (κ1) is 20.1. The lowest BCUT2D eigenvalue weighted by Crippen LogP contribution is -2.43. The van der Waals surface area contributed by atoms with Crippen LogP contribution in [0.2, 0.25) is 5.02 Å². The number of thiophene rings is 2. The van der Waals surface area contributed by atoms with Crippen molar-refractivity contribution in [1.82, 2.24) is 10.2 Å². The molecule has 0 aliphatic carbocycles. The molecule has 2 amide bonds.